The molecular formula is C15H19N3O2. The highest BCUT2D eigenvalue weighted by Gasteiger charge is 2.08. The first kappa shape index (κ1) is 14.1. The zero-order chi connectivity index (χ0) is 14.4. The van der Waals surface area contributed by atoms with Crippen LogP contribution < -0.4 is 14.8 Å². The molecule has 0 aliphatic heterocycles. The number of aromatic nitrogens is 2. The normalized spacial score (nSPS) is 10.2. The molecule has 0 saturated carbocycles. The number of hydrogen-bond acceptors (Lipinski definition) is 5. The molecule has 0 aliphatic carbocycles. The van der Waals surface area contributed by atoms with Gasteiger partial charge in [-0.2, -0.15) is 0 Å². The topological polar surface area (TPSA) is 56.3 Å². The highest BCUT2D eigenvalue weighted by molar-refractivity contribution is 5.46. The quantitative estimate of drug-likeness (QED) is 0.875. The van der Waals surface area contributed by atoms with Gasteiger partial charge in [0.25, 0.3) is 0 Å². The molecule has 0 unspecified atom stereocenters. The highest BCUT2D eigenvalue weighted by Crippen LogP contribution is 2.32. The van der Waals surface area contributed by atoms with Crippen molar-refractivity contribution in [2.75, 3.05) is 19.0 Å². The molecule has 0 radical (unpaired) electrons. The van der Waals surface area contributed by atoms with Crippen molar-refractivity contribution in [2.45, 2.75) is 20.3 Å². The van der Waals surface area contributed by atoms with Crippen molar-refractivity contribution >= 4 is 5.82 Å². The first-order chi connectivity index (χ1) is 9.76. The summed E-state index contributed by atoms with van der Waals surface area (Å²) in [5.74, 6) is 2.57. The van der Waals surface area contributed by atoms with Crippen LogP contribution in [0.4, 0.5) is 5.82 Å². The fourth-order valence-corrected chi connectivity index (χ4v) is 1.80. The van der Waals surface area contributed by atoms with Crippen LogP contribution in [0.5, 0.6) is 17.4 Å². The van der Waals surface area contributed by atoms with E-state index in [-0.39, 0.29) is 0 Å². The lowest BCUT2D eigenvalue weighted by atomic mass is 10.1. The van der Waals surface area contributed by atoms with Gasteiger partial charge in [-0.1, -0.05) is 13.0 Å². The average Bonchev–Trinajstić information content (AvgIpc) is 2.48. The van der Waals surface area contributed by atoms with Gasteiger partial charge in [0.15, 0.2) is 11.5 Å². The molecule has 5 heteroatoms. The molecule has 0 fully saturated rings. The van der Waals surface area contributed by atoms with E-state index in [9.17, 15) is 0 Å². The monoisotopic (exact) mass is 273 g/mol. The minimum atomic E-state index is 0.485. The van der Waals surface area contributed by atoms with Crippen molar-refractivity contribution < 1.29 is 9.47 Å². The lowest BCUT2D eigenvalue weighted by Crippen LogP contribution is -2.00. The average molecular weight is 273 g/mol. The molecular weight excluding hydrogens is 254 g/mol. The van der Waals surface area contributed by atoms with Gasteiger partial charge < -0.3 is 14.8 Å². The predicted octanol–water partition coefficient (Wildman–Crippen LogP) is 3.27. The van der Waals surface area contributed by atoms with Gasteiger partial charge >= 0.3 is 0 Å². The fourth-order valence-electron chi connectivity index (χ4n) is 1.80. The third kappa shape index (κ3) is 3.38. The molecule has 20 heavy (non-hydrogen) atoms. The van der Waals surface area contributed by atoms with Gasteiger partial charge in [-0.3, -0.25) is 0 Å². The van der Waals surface area contributed by atoms with Crippen molar-refractivity contribution in [3.8, 4) is 17.4 Å². The molecule has 0 aliphatic rings. The second-order valence-corrected chi connectivity index (χ2v) is 4.21. The Morgan fingerprint density at radius 2 is 1.95 bits per heavy atom. The van der Waals surface area contributed by atoms with Crippen LogP contribution in [-0.4, -0.2) is 23.6 Å². The first-order valence-electron chi connectivity index (χ1n) is 6.67. The molecule has 1 aromatic heterocycles. The molecule has 0 bridgehead atoms. The van der Waals surface area contributed by atoms with E-state index < -0.39 is 0 Å². The smallest absolute Gasteiger partial charge is 0.224 e. The molecule has 1 aromatic carbocycles. The Balaban J connectivity index is 2.22. The van der Waals surface area contributed by atoms with Crippen molar-refractivity contribution in [3.05, 3.63) is 36.2 Å². The van der Waals surface area contributed by atoms with Crippen molar-refractivity contribution in [1.82, 2.24) is 9.97 Å². The summed E-state index contributed by atoms with van der Waals surface area (Å²) < 4.78 is 11.1. The number of aryl methyl sites for hydroxylation is 1. The van der Waals surface area contributed by atoms with E-state index >= 15 is 0 Å². The third-order valence-corrected chi connectivity index (χ3v) is 2.85. The second-order valence-electron chi connectivity index (χ2n) is 4.21. The number of hydrogen-bond donors (Lipinski definition) is 1. The van der Waals surface area contributed by atoms with Gasteiger partial charge in [0.1, 0.15) is 12.1 Å². The van der Waals surface area contributed by atoms with Crippen molar-refractivity contribution in [3.63, 3.8) is 0 Å². The van der Waals surface area contributed by atoms with E-state index in [2.05, 4.69) is 22.2 Å². The minimum absolute atomic E-state index is 0.485. The maximum absolute atomic E-state index is 5.77. The summed E-state index contributed by atoms with van der Waals surface area (Å²) in [4.78, 5) is 8.21. The third-order valence-electron chi connectivity index (χ3n) is 2.85. The Hall–Kier alpha value is -2.30. The molecule has 0 spiro atoms. The minimum Gasteiger partial charge on any atom is -0.493 e. The Labute approximate surface area is 119 Å². The maximum Gasteiger partial charge on any atom is 0.224 e. The zero-order valence-electron chi connectivity index (χ0n) is 12.0. The van der Waals surface area contributed by atoms with Gasteiger partial charge in [-0.15, -0.1) is 0 Å². The van der Waals surface area contributed by atoms with Crippen LogP contribution in [0.1, 0.15) is 19.4 Å². The molecule has 106 valence electrons. The molecule has 0 amide bonds. The number of rotatable bonds is 6. The lowest BCUT2D eigenvalue weighted by Gasteiger charge is -2.11. The number of methoxy groups -OCH3 is 1. The summed E-state index contributed by atoms with van der Waals surface area (Å²) in [7, 11) is 1.63. The van der Waals surface area contributed by atoms with Crippen LogP contribution in [0.3, 0.4) is 0 Å². The van der Waals surface area contributed by atoms with Crippen molar-refractivity contribution in [1.29, 1.82) is 0 Å². The lowest BCUT2D eigenvalue weighted by molar-refractivity contribution is 0.373. The molecule has 0 atom stereocenters. The van der Waals surface area contributed by atoms with E-state index in [1.165, 1.54) is 11.9 Å². The van der Waals surface area contributed by atoms with Crippen LogP contribution in [0, 0.1) is 0 Å². The van der Waals surface area contributed by atoms with Gasteiger partial charge in [-0.25, -0.2) is 9.97 Å². The zero-order valence-corrected chi connectivity index (χ0v) is 12.0. The van der Waals surface area contributed by atoms with Crippen LogP contribution in [-0.2, 0) is 6.42 Å². The van der Waals surface area contributed by atoms with E-state index in [1.54, 1.807) is 13.2 Å². The van der Waals surface area contributed by atoms with Crippen LogP contribution >= 0.6 is 0 Å². The number of benzene rings is 1. The fraction of sp³-hybridized carbons (Fsp3) is 0.333. The predicted molar refractivity (Wildman–Crippen MR) is 78.6 cm³/mol. The van der Waals surface area contributed by atoms with Gasteiger partial charge in [-0.05, 0) is 31.0 Å². The maximum atomic E-state index is 5.77. The summed E-state index contributed by atoms with van der Waals surface area (Å²) in [6.45, 7) is 4.91. The summed E-state index contributed by atoms with van der Waals surface area (Å²) in [5, 5.41) is 3.12. The molecule has 0 saturated heterocycles. The van der Waals surface area contributed by atoms with Crippen LogP contribution in [0.2, 0.25) is 0 Å². The summed E-state index contributed by atoms with van der Waals surface area (Å²) in [6, 6.07) is 7.65. The molecule has 2 rings (SSSR count). The molecule has 1 heterocycles. The number of anilines is 1. The number of ether oxygens (including phenoxy) is 2. The standard InChI is InChI=1S/C15H19N3O2/c1-4-11-6-7-12(13(8-11)19-3)20-15-9-14(16-5-2)17-10-18-15/h6-10H,4-5H2,1-3H3,(H,16,17,18). The SMILES string of the molecule is CCNc1cc(Oc2ccc(CC)cc2OC)ncn1. The Bertz CT molecular complexity index is 573. The van der Waals surface area contributed by atoms with Crippen molar-refractivity contribution in [2.24, 2.45) is 0 Å². The Morgan fingerprint density at radius 3 is 2.65 bits per heavy atom. The second kappa shape index (κ2) is 6.75. The largest absolute Gasteiger partial charge is 0.493 e. The van der Waals surface area contributed by atoms with E-state index in [0.29, 0.717) is 17.4 Å². The Morgan fingerprint density at radius 1 is 1.10 bits per heavy atom. The summed E-state index contributed by atoms with van der Waals surface area (Å²) in [5.41, 5.74) is 1.20. The highest BCUT2D eigenvalue weighted by atomic mass is 16.5. The number of nitrogens with zero attached hydrogens (tertiary/aromatic N) is 2. The number of nitrogens with one attached hydrogen (secondary N) is 1. The van der Waals surface area contributed by atoms with Gasteiger partial charge in [0.05, 0.1) is 7.11 Å². The van der Waals surface area contributed by atoms with Crippen LogP contribution in [0.25, 0.3) is 0 Å². The summed E-state index contributed by atoms with van der Waals surface area (Å²) >= 11 is 0. The van der Waals surface area contributed by atoms with E-state index in [0.717, 1.165) is 18.8 Å². The van der Waals surface area contributed by atoms with Gasteiger partial charge in [0.2, 0.25) is 5.88 Å². The van der Waals surface area contributed by atoms with E-state index in [1.807, 2.05) is 25.1 Å². The van der Waals surface area contributed by atoms with Gasteiger partial charge in [0, 0.05) is 12.6 Å². The summed E-state index contributed by atoms with van der Waals surface area (Å²) in [6.07, 6.45) is 2.43. The molecule has 2 aromatic rings. The Kier molecular flexibility index (Phi) is 4.76. The van der Waals surface area contributed by atoms with Crippen LogP contribution in [0.15, 0.2) is 30.6 Å². The molecule has 5 nitrogen and oxygen atoms in total. The van der Waals surface area contributed by atoms with E-state index in [4.69, 9.17) is 9.47 Å². The first-order valence-corrected chi connectivity index (χ1v) is 6.67. The molecule has 1 N–H and O–H groups in total.